The van der Waals surface area contributed by atoms with Crippen molar-refractivity contribution in [3.63, 3.8) is 0 Å². The number of hydrogen-bond acceptors (Lipinski definition) is 8. The van der Waals surface area contributed by atoms with E-state index in [4.69, 9.17) is 18.9 Å². The molecule has 0 aliphatic heterocycles. The molecule has 1 amide bonds. The summed E-state index contributed by atoms with van der Waals surface area (Å²) < 4.78 is 22.8. The first-order valence-electron chi connectivity index (χ1n) is 10.9. The molecule has 0 heterocycles. The molecule has 0 atom stereocenters. The topological polar surface area (TPSA) is 107 Å². The second-order valence-corrected chi connectivity index (χ2v) is 9.34. The highest BCUT2D eigenvalue weighted by Gasteiger charge is 2.20. The number of esters is 1. The zero-order valence-electron chi connectivity index (χ0n) is 20.6. The lowest BCUT2D eigenvalue weighted by molar-refractivity contribution is -0.119. The maximum absolute atomic E-state index is 13.0. The molecule has 2 N–H and O–H groups in total. The molecule has 0 aromatic heterocycles. The van der Waals surface area contributed by atoms with Gasteiger partial charge in [0.2, 0.25) is 5.75 Å². The van der Waals surface area contributed by atoms with Crippen LogP contribution in [0.3, 0.4) is 0 Å². The van der Waals surface area contributed by atoms with Crippen molar-refractivity contribution in [3.05, 3.63) is 74.2 Å². The molecule has 11 heteroatoms. The van der Waals surface area contributed by atoms with Gasteiger partial charge in [0.05, 0.1) is 44.1 Å². The lowest BCUT2D eigenvalue weighted by Gasteiger charge is -2.15. The number of nitrogens with zero attached hydrogens (tertiary/aromatic N) is 1. The fourth-order valence-electron chi connectivity index (χ4n) is 3.29. The number of anilines is 1. The number of hydrogen-bond donors (Lipinski definition) is 2. The maximum Gasteiger partial charge on any atom is 0.343 e. The summed E-state index contributed by atoms with van der Waals surface area (Å²) in [6.45, 7) is 1.98. The van der Waals surface area contributed by atoms with Gasteiger partial charge in [-0.15, -0.1) is 0 Å². The number of para-hydroxylation sites is 1. The minimum absolute atomic E-state index is 0.0351. The summed E-state index contributed by atoms with van der Waals surface area (Å²) in [5.74, 6) is 0.178. The van der Waals surface area contributed by atoms with Crippen LogP contribution in [0.15, 0.2) is 62.6 Å². The third-order valence-corrected chi connectivity index (χ3v) is 6.16. The van der Waals surface area contributed by atoms with Crippen LogP contribution in [0, 0.1) is 6.92 Å². The average molecular weight is 635 g/mol. The Kier molecular flexibility index (Phi) is 9.93. The molecular formula is C26H25Br2N3O6. The normalized spacial score (nSPS) is 10.6. The first-order valence-corrected chi connectivity index (χ1v) is 12.5. The van der Waals surface area contributed by atoms with Crippen LogP contribution < -0.4 is 29.7 Å². The van der Waals surface area contributed by atoms with Gasteiger partial charge in [0.15, 0.2) is 17.2 Å². The van der Waals surface area contributed by atoms with Crippen LogP contribution >= 0.6 is 31.9 Å². The number of amides is 1. The van der Waals surface area contributed by atoms with Crippen molar-refractivity contribution in [2.24, 2.45) is 5.10 Å². The van der Waals surface area contributed by atoms with Gasteiger partial charge in [0.25, 0.3) is 5.91 Å². The molecule has 0 aliphatic carbocycles. The summed E-state index contributed by atoms with van der Waals surface area (Å²) in [5, 5.41) is 7.08. The molecule has 0 saturated carbocycles. The first kappa shape index (κ1) is 28.0. The lowest BCUT2D eigenvalue weighted by Crippen LogP contribution is -2.26. The summed E-state index contributed by atoms with van der Waals surface area (Å²) in [5.41, 5.74) is 4.97. The molecule has 0 radical (unpaired) electrons. The second-order valence-electron chi connectivity index (χ2n) is 7.57. The highest BCUT2D eigenvalue weighted by molar-refractivity contribution is 9.11. The SMILES string of the molecule is COc1cc(C(=O)Oc2c(Br)cc(Br)cc2/C=N\NC(=O)CNc2ccccc2C)cc(OC)c1OC. The second kappa shape index (κ2) is 13.1. The van der Waals surface area contributed by atoms with E-state index in [2.05, 4.69) is 47.7 Å². The van der Waals surface area contributed by atoms with Gasteiger partial charge >= 0.3 is 5.97 Å². The molecule has 0 fully saturated rings. The van der Waals surface area contributed by atoms with Gasteiger partial charge in [-0.3, -0.25) is 4.79 Å². The number of carbonyl (C=O) groups is 2. The van der Waals surface area contributed by atoms with E-state index in [9.17, 15) is 9.59 Å². The van der Waals surface area contributed by atoms with Gasteiger partial charge in [-0.1, -0.05) is 34.1 Å². The van der Waals surface area contributed by atoms with Crippen molar-refractivity contribution in [3.8, 4) is 23.0 Å². The quantitative estimate of drug-likeness (QED) is 0.134. The monoisotopic (exact) mass is 633 g/mol. The molecule has 3 aromatic carbocycles. The van der Waals surface area contributed by atoms with E-state index in [1.165, 1.54) is 39.7 Å². The molecule has 194 valence electrons. The Balaban J connectivity index is 1.77. The number of rotatable bonds is 10. The van der Waals surface area contributed by atoms with Crippen molar-refractivity contribution in [2.75, 3.05) is 33.2 Å². The van der Waals surface area contributed by atoms with Crippen molar-refractivity contribution < 1.29 is 28.5 Å². The molecule has 0 spiro atoms. The van der Waals surface area contributed by atoms with Crippen LogP contribution in [0.25, 0.3) is 0 Å². The van der Waals surface area contributed by atoms with Gasteiger partial charge < -0.3 is 24.3 Å². The molecule has 0 unspecified atom stereocenters. The first-order chi connectivity index (χ1) is 17.8. The van der Waals surface area contributed by atoms with E-state index >= 15 is 0 Å². The predicted octanol–water partition coefficient (Wildman–Crippen LogP) is 5.33. The molecule has 0 bridgehead atoms. The van der Waals surface area contributed by atoms with Crippen LogP contribution in [0.4, 0.5) is 5.69 Å². The van der Waals surface area contributed by atoms with Gasteiger partial charge in [0.1, 0.15) is 0 Å². The van der Waals surface area contributed by atoms with E-state index in [0.717, 1.165) is 11.3 Å². The Morgan fingerprint density at radius 2 is 1.62 bits per heavy atom. The Labute approximate surface area is 231 Å². The van der Waals surface area contributed by atoms with Gasteiger partial charge in [-0.25, -0.2) is 10.2 Å². The molecule has 0 saturated heterocycles. The zero-order chi connectivity index (χ0) is 26.9. The number of methoxy groups -OCH3 is 3. The van der Waals surface area contributed by atoms with Crippen LogP contribution in [0.2, 0.25) is 0 Å². The fourth-order valence-corrected chi connectivity index (χ4v) is 4.63. The summed E-state index contributed by atoms with van der Waals surface area (Å²) in [7, 11) is 4.38. The fraction of sp³-hybridized carbons (Fsp3) is 0.192. The minimum atomic E-state index is -0.664. The predicted molar refractivity (Wildman–Crippen MR) is 148 cm³/mol. The van der Waals surface area contributed by atoms with Gasteiger partial charge in [-0.05, 0) is 58.7 Å². The standard InChI is InChI=1S/C26H25Br2N3O6/c1-15-7-5-6-8-20(15)29-14-23(32)31-30-13-17-9-18(27)12-19(28)24(17)37-26(33)16-10-21(34-2)25(36-4)22(11-16)35-3/h5-13,29H,14H2,1-4H3,(H,31,32)/b30-13-. The summed E-state index contributed by atoms with van der Waals surface area (Å²) >= 11 is 6.83. The summed E-state index contributed by atoms with van der Waals surface area (Å²) in [6, 6.07) is 14.1. The van der Waals surface area contributed by atoms with Crippen LogP contribution in [0.5, 0.6) is 23.0 Å². The number of benzene rings is 3. The van der Waals surface area contributed by atoms with E-state index in [-0.39, 0.29) is 23.8 Å². The van der Waals surface area contributed by atoms with Crippen molar-refractivity contribution in [1.82, 2.24) is 5.43 Å². The molecule has 3 aromatic rings. The summed E-state index contributed by atoms with van der Waals surface area (Å²) in [6.07, 6.45) is 1.39. The third kappa shape index (κ3) is 7.23. The largest absolute Gasteiger partial charge is 0.493 e. The van der Waals surface area contributed by atoms with Crippen LogP contribution in [-0.2, 0) is 4.79 Å². The van der Waals surface area contributed by atoms with Crippen molar-refractivity contribution >= 4 is 55.6 Å². The van der Waals surface area contributed by atoms with E-state index in [1.807, 2.05) is 31.2 Å². The van der Waals surface area contributed by atoms with Crippen molar-refractivity contribution in [2.45, 2.75) is 6.92 Å². The Hall–Kier alpha value is -3.57. The van der Waals surface area contributed by atoms with Crippen molar-refractivity contribution in [1.29, 1.82) is 0 Å². The molecule has 9 nitrogen and oxygen atoms in total. The molecule has 37 heavy (non-hydrogen) atoms. The van der Waals surface area contributed by atoms with Gasteiger partial charge in [0, 0.05) is 15.7 Å². The number of ether oxygens (including phenoxy) is 4. The number of nitrogens with one attached hydrogen (secondary N) is 2. The van der Waals surface area contributed by atoms with Crippen LogP contribution in [-0.4, -0.2) is 46.0 Å². The molecular weight excluding hydrogens is 610 g/mol. The number of halogens is 2. The number of carbonyl (C=O) groups excluding carboxylic acids is 2. The zero-order valence-corrected chi connectivity index (χ0v) is 23.7. The average Bonchev–Trinajstić information content (AvgIpc) is 2.88. The maximum atomic E-state index is 13.0. The van der Waals surface area contributed by atoms with Gasteiger partial charge in [-0.2, -0.15) is 5.10 Å². The van der Waals surface area contributed by atoms with Crippen LogP contribution in [0.1, 0.15) is 21.5 Å². The van der Waals surface area contributed by atoms with E-state index in [0.29, 0.717) is 31.8 Å². The molecule has 0 aliphatic rings. The van der Waals surface area contributed by atoms with E-state index in [1.54, 1.807) is 12.1 Å². The minimum Gasteiger partial charge on any atom is -0.493 e. The highest BCUT2D eigenvalue weighted by atomic mass is 79.9. The highest BCUT2D eigenvalue weighted by Crippen LogP contribution is 2.39. The molecule has 3 rings (SSSR count). The van der Waals surface area contributed by atoms with E-state index < -0.39 is 5.97 Å². The smallest absolute Gasteiger partial charge is 0.343 e. The third-order valence-electron chi connectivity index (χ3n) is 5.11. The number of hydrazone groups is 1. The Morgan fingerprint density at radius 1 is 0.946 bits per heavy atom. The number of aryl methyl sites for hydroxylation is 1. The summed E-state index contributed by atoms with van der Waals surface area (Å²) in [4.78, 5) is 25.3. The Morgan fingerprint density at radius 3 is 2.24 bits per heavy atom. The Bertz CT molecular complexity index is 1300. The lowest BCUT2D eigenvalue weighted by atomic mass is 10.1.